The molecular weight excluding hydrogens is 216 g/mol. The Labute approximate surface area is 91.1 Å². The third-order valence-electron chi connectivity index (χ3n) is 1.78. The second-order valence-electron chi connectivity index (χ2n) is 2.64. The van der Waals surface area contributed by atoms with Crippen molar-refractivity contribution in [3.05, 3.63) is 30.1 Å². The van der Waals surface area contributed by atoms with Crippen LogP contribution in [0, 0.1) is 0 Å². The molecule has 0 atom stereocenters. The number of halogens is 1. The van der Waals surface area contributed by atoms with E-state index in [1.54, 1.807) is 18.6 Å². The van der Waals surface area contributed by atoms with Crippen LogP contribution in [0.5, 0.6) is 5.88 Å². The maximum Gasteiger partial charge on any atom is 0.240 e. The predicted molar refractivity (Wildman–Crippen MR) is 54.6 cm³/mol. The number of nitrogens with zero attached hydrogens (tertiary/aromatic N) is 4. The lowest BCUT2D eigenvalue weighted by Gasteiger charge is -2.05. The van der Waals surface area contributed by atoms with Gasteiger partial charge in [0, 0.05) is 18.6 Å². The minimum Gasteiger partial charge on any atom is -0.479 e. The fraction of sp³-hybridized carbons (Fsp3) is 0.111. The lowest BCUT2D eigenvalue weighted by Crippen LogP contribution is -1.95. The second-order valence-corrected chi connectivity index (χ2v) is 3.00. The Kier molecular flexibility index (Phi) is 2.73. The molecule has 0 N–H and O–H groups in total. The summed E-state index contributed by atoms with van der Waals surface area (Å²) < 4.78 is 5.07. The molecule has 0 aliphatic rings. The Morgan fingerprint density at radius 3 is 2.73 bits per heavy atom. The van der Waals surface area contributed by atoms with Crippen LogP contribution < -0.4 is 4.74 Å². The van der Waals surface area contributed by atoms with E-state index in [0.717, 1.165) is 0 Å². The highest BCUT2D eigenvalue weighted by atomic mass is 35.5. The third-order valence-corrected chi connectivity index (χ3v) is 2.08. The number of methoxy groups -OCH3 is 1. The summed E-state index contributed by atoms with van der Waals surface area (Å²) in [6.07, 6.45) is 6.04. The zero-order valence-electron chi connectivity index (χ0n) is 7.88. The molecule has 2 aromatic rings. The standard InChI is InChI=1S/C9H7ClN4O/c1-15-9-7(12-2-3-13-9)6-4-11-5-14-8(6)10/h2-5H,1H3. The Balaban J connectivity index is 2.59. The summed E-state index contributed by atoms with van der Waals surface area (Å²) in [7, 11) is 1.52. The van der Waals surface area contributed by atoms with Gasteiger partial charge in [0.25, 0.3) is 0 Å². The van der Waals surface area contributed by atoms with Gasteiger partial charge >= 0.3 is 0 Å². The fourth-order valence-corrected chi connectivity index (χ4v) is 1.31. The summed E-state index contributed by atoms with van der Waals surface area (Å²) in [6, 6.07) is 0. The van der Waals surface area contributed by atoms with Gasteiger partial charge in [-0.05, 0) is 0 Å². The molecule has 0 spiro atoms. The molecule has 0 aliphatic heterocycles. The average molecular weight is 223 g/mol. The minimum absolute atomic E-state index is 0.323. The summed E-state index contributed by atoms with van der Waals surface area (Å²) in [5.74, 6) is 0.397. The van der Waals surface area contributed by atoms with E-state index in [9.17, 15) is 0 Å². The molecule has 0 amide bonds. The SMILES string of the molecule is COc1nccnc1-c1cncnc1Cl. The quantitative estimate of drug-likeness (QED) is 0.723. The van der Waals surface area contributed by atoms with E-state index >= 15 is 0 Å². The number of hydrogen-bond donors (Lipinski definition) is 0. The summed E-state index contributed by atoms with van der Waals surface area (Å²) in [5, 5.41) is 0.323. The molecule has 0 saturated carbocycles. The van der Waals surface area contributed by atoms with Crippen molar-refractivity contribution in [2.24, 2.45) is 0 Å². The zero-order chi connectivity index (χ0) is 10.7. The molecule has 0 bridgehead atoms. The smallest absolute Gasteiger partial charge is 0.240 e. The lowest BCUT2D eigenvalue weighted by atomic mass is 10.2. The monoisotopic (exact) mass is 222 g/mol. The Morgan fingerprint density at radius 2 is 2.00 bits per heavy atom. The minimum atomic E-state index is 0.323. The van der Waals surface area contributed by atoms with E-state index in [-0.39, 0.29) is 0 Å². The molecule has 2 aromatic heterocycles. The van der Waals surface area contributed by atoms with E-state index in [0.29, 0.717) is 22.3 Å². The molecule has 2 rings (SSSR count). The van der Waals surface area contributed by atoms with Gasteiger partial charge in [-0.25, -0.2) is 19.9 Å². The number of aromatic nitrogens is 4. The van der Waals surface area contributed by atoms with Crippen LogP contribution in [0.4, 0.5) is 0 Å². The van der Waals surface area contributed by atoms with Gasteiger partial charge in [-0.3, -0.25) is 0 Å². The van der Waals surface area contributed by atoms with Crippen LogP contribution in [0.15, 0.2) is 24.9 Å². The van der Waals surface area contributed by atoms with E-state index in [1.165, 1.54) is 13.4 Å². The Morgan fingerprint density at radius 1 is 1.20 bits per heavy atom. The van der Waals surface area contributed by atoms with Gasteiger partial charge in [0.1, 0.15) is 17.2 Å². The molecule has 0 fully saturated rings. The normalized spacial score (nSPS) is 10.0. The average Bonchev–Trinajstić information content (AvgIpc) is 2.30. The van der Waals surface area contributed by atoms with Crippen LogP contribution in [-0.2, 0) is 0 Å². The number of ether oxygens (including phenoxy) is 1. The van der Waals surface area contributed by atoms with Crippen molar-refractivity contribution in [3.63, 3.8) is 0 Å². The van der Waals surface area contributed by atoms with Gasteiger partial charge in [-0.2, -0.15) is 0 Å². The molecule has 0 aromatic carbocycles. The largest absolute Gasteiger partial charge is 0.479 e. The molecule has 2 heterocycles. The van der Waals surface area contributed by atoms with Crippen molar-refractivity contribution < 1.29 is 4.74 Å². The van der Waals surface area contributed by atoms with Crippen LogP contribution in [0.25, 0.3) is 11.3 Å². The highest BCUT2D eigenvalue weighted by molar-refractivity contribution is 6.32. The topological polar surface area (TPSA) is 60.8 Å². The van der Waals surface area contributed by atoms with Crippen LogP contribution in [0.3, 0.4) is 0 Å². The van der Waals surface area contributed by atoms with E-state index in [2.05, 4.69) is 19.9 Å². The zero-order valence-corrected chi connectivity index (χ0v) is 8.64. The van der Waals surface area contributed by atoms with Gasteiger partial charge in [-0.1, -0.05) is 11.6 Å². The summed E-state index contributed by atoms with van der Waals surface area (Å²) in [6.45, 7) is 0. The Bertz CT molecular complexity index is 477. The fourth-order valence-electron chi connectivity index (χ4n) is 1.13. The van der Waals surface area contributed by atoms with Gasteiger partial charge in [0.2, 0.25) is 5.88 Å². The van der Waals surface area contributed by atoms with Crippen molar-refractivity contribution in [2.45, 2.75) is 0 Å². The second kappa shape index (κ2) is 4.18. The summed E-state index contributed by atoms with van der Waals surface area (Å²) in [4.78, 5) is 15.9. The van der Waals surface area contributed by atoms with Gasteiger partial charge in [0.05, 0.1) is 12.7 Å². The molecule has 5 nitrogen and oxygen atoms in total. The lowest BCUT2D eigenvalue weighted by molar-refractivity contribution is 0.397. The van der Waals surface area contributed by atoms with Crippen LogP contribution in [-0.4, -0.2) is 27.0 Å². The highest BCUT2D eigenvalue weighted by Crippen LogP contribution is 2.28. The molecule has 0 unspecified atom stereocenters. The summed E-state index contributed by atoms with van der Waals surface area (Å²) >= 11 is 5.91. The predicted octanol–water partition coefficient (Wildman–Crippen LogP) is 1.60. The molecule has 0 radical (unpaired) electrons. The van der Waals surface area contributed by atoms with Crippen molar-refractivity contribution in [3.8, 4) is 17.1 Å². The first-order valence-electron chi connectivity index (χ1n) is 4.14. The van der Waals surface area contributed by atoms with Crippen molar-refractivity contribution in [1.82, 2.24) is 19.9 Å². The first-order chi connectivity index (χ1) is 7.33. The highest BCUT2D eigenvalue weighted by Gasteiger charge is 2.12. The molecule has 6 heteroatoms. The number of rotatable bonds is 2. The summed E-state index contributed by atoms with van der Waals surface area (Å²) in [5.41, 5.74) is 1.13. The maximum absolute atomic E-state index is 5.91. The number of hydrogen-bond acceptors (Lipinski definition) is 5. The van der Waals surface area contributed by atoms with Crippen LogP contribution >= 0.6 is 11.6 Å². The van der Waals surface area contributed by atoms with Crippen LogP contribution in [0.1, 0.15) is 0 Å². The van der Waals surface area contributed by atoms with E-state index in [4.69, 9.17) is 16.3 Å². The van der Waals surface area contributed by atoms with Gasteiger partial charge < -0.3 is 4.74 Å². The third kappa shape index (κ3) is 1.87. The molecular formula is C9H7ClN4O. The molecule has 76 valence electrons. The van der Waals surface area contributed by atoms with Crippen molar-refractivity contribution in [1.29, 1.82) is 0 Å². The molecule has 0 aliphatic carbocycles. The first-order valence-corrected chi connectivity index (χ1v) is 4.51. The molecule has 0 saturated heterocycles. The van der Waals surface area contributed by atoms with E-state index in [1.807, 2.05) is 0 Å². The van der Waals surface area contributed by atoms with Crippen molar-refractivity contribution >= 4 is 11.6 Å². The van der Waals surface area contributed by atoms with Gasteiger partial charge in [0.15, 0.2) is 0 Å². The van der Waals surface area contributed by atoms with E-state index < -0.39 is 0 Å². The van der Waals surface area contributed by atoms with Crippen LogP contribution in [0.2, 0.25) is 5.15 Å². The molecule has 15 heavy (non-hydrogen) atoms. The first kappa shape index (κ1) is 9.79. The van der Waals surface area contributed by atoms with Gasteiger partial charge in [-0.15, -0.1) is 0 Å². The maximum atomic E-state index is 5.91. The Hall–Kier alpha value is -1.75. The van der Waals surface area contributed by atoms with Crippen molar-refractivity contribution in [2.75, 3.05) is 7.11 Å².